The van der Waals surface area contributed by atoms with Crippen molar-refractivity contribution in [3.63, 3.8) is 0 Å². The molecule has 2 rings (SSSR count). The first-order valence-corrected chi connectivity index (χ1v) is 6.94. The lowest BCUT2D eigenvalue weighted by atomic mass is 10.1. The molecule has 0 aromatic heterocycles. The number of piperidine rings is 1. The van der Waals surface area contributed by atoms with Crippen molar-refractivity contribution in [1.29, 1.82) is 0 Å². The number of hydrogen-bond donors (Lipinski definition) is 2. The average molecular weight is 280 g/mol. The van der Waals surface area contributed by atoms with Gasteiger partial charge in [-0.3, -0.25) is 0 Å². The van der Waals surface area contributed by atoms with Gasteiger partial charge in [-0.1, -0.05) is 17.7 Å². The monoisotopic (exact) mass is 280 g/mol. The molecule has 0 radical (unpaired) electrons. The molecule has 1 aliphatic heterocycles. The predicted octanol–water partition coefficient (Wildman–Crippen LogP) is 2.39. The number of aliphatic hydroxyl groups is 1. The van der Waals surface area contributed by atoms with Gasteiger partial charge in [0.25, 0.3) is 5.17 Å². The quantitative estimate of drug-likeness (QED) is 0.814. The van der Waals surface area contributed by atoms with E-state index in [0.29, 0.717) is 11.7 Å². The van der Waals surface area contributed by atoms with E-state index in [-0.39, 0.29) is 6.10 Å². The molecule has 4 nitrogen and oxygen atoms in total. The summed E-state index contributed by atoms with van der Waals surface area (Å²) in [5, 5.41) is 14.7. The molecule has 5 heteroatoms. The molecule has 0 saturated carbocycles. The third kappa shape index (κ3) is 4.16. The first-order chi connectivity index (χ1) is 9.04. The third-order valence-electron chi connectivity index (χ3n) is 3.19. The van der Waals surface area contributed by atoms with Gasteiger partial charge in [0.15, 0.2) is 0 Å². The molecular formula is C14H20N2O2S. The van der Waals surface area contributed by atoms with Crippen molar-refractivity contribution in [2.24, 2.45) is 0 Å². The molecule has 0 amide bonds. The number of thiocarbonyl (C=S) groups is 1. The number of rotatable bonds is 2. The number of hydrogen-bond acceptors (Lipinski definition) is 4. The third-order valence-corrected chi connectivity index (χ3v) is 3.37. The minimum absolute atomic E-state index is 0.320. The van der Waals surface area contributed by atoms with Crippen LogP contribution in [0, 0.1) is 13.8 Å². The molecule has 1 atom stereocenters. The first-order valence-electron chi connectivity index (χ1n) is 6.54. The second kappa shape index (κ2) is 6.32. The van der Waals surface area contributed by atoms with Gasteiger partial charge in [0.05, 0.1) is 12.6 Å². The molecule has 1 aromatic carbocycles. The second-order valence-electron chi connectivity index (χ2n) is 5.01. The van der Waals surface area contributed by atoms with Crippen LogP contribution in [0.25, 0.3) is 0 Å². The van der Waals surface area contributed by atoms with Gasteiger partial charge >= 0.3 is 0 Å². The van der Waals surface area contributed by atoms with Gasteiger partial charge in [-0.05, 0) is 50.5 Å². The fourth-order valence-electron chi connectivity index (χ4n) is 2.21. The van der Waals surface area contributed by atoms with E-state index in [9.17, 15) is 5.11 Å². The Morgan fingerprint density at radius 1 is 1.47 bits per heavy atom. The summed E-state index contributed by atoms with van der Waals surface area (Å²) >= 11 is 5.19. The highest BCUT2D eigenvalue weighted by Crippen LogP contribution is 2.17. The Labute approximate surface area is 119 Å². The molecule has 0 bridgehead atoms. The highest BCUT2D eigenvalue weighted by molar-refractivity contribution is 7.80. The molecule has 1 aromatic rings. The Bertz CT molecular complexity index is 465. The number of benzene rings is 1. The standard InChI is InChI=1S/C14H20N2O2S/c1-10-5-6-13(11(2)8-10)15-14(19)18-16-7-3-4-12(17)9-16/h5-6,8,12,17H,3-4,7,9H2,1-2H3,(H,15,19). The van der Waals surface area contributed by atoms with Crippen LogP contribution in [0.5, 0.6) is 0 Å². The van der Waals surface area contributed by atoms with Crippen LogP contribution >= 0.6 is 12.2 Å². The molecule has 1 aliphatic rings. The molecule has 1 unspecified atom stereocenters. The number of nitrogens with zero attached hydrogens (tertiary/aromatic N) is 1. The van der Waals surface area contributed by atoms with Gasteiger partial charge in [-0.15, -0.1) is 5.06 Å². The highest BCUT2D eigenvalue weighted by atomic mass is 32.1. The molecule has 0 aliphatic carbocycles. The lowest BCUT2D eigenvalue weighted by Crippen LogP contribution is -2.40. The molecule has 19 heavy (non-hydrogen) atoms. The van der Waals surface area contributed by atoms with Crippen LogP contribution in [0.3, 0.4) is 0 Å². The van der Waals surface area contributed by atoms with Crippen LogP contribution in [0.15, 0.2) is 18.2 Å². The number of aryl methyl sites for hydroxylation is 2. The van der Waals surface area contributed by atoms with Crippen molar-refractivity contribution in [1.82, 2.24) is 5.06 Å². The van der Waals surface area contributed by atoms with E-state index in [1.165, 1.54) is 5.56 Å². The van der Waals surface area contributed by atoms with Crippen LogP contribution in [-0.4, -0.2) is 34.5 Å². The Morgan fingerprint density at radius 2 is 2.26 bits per heavy atom. The lowest BCUT2D eigenvalue weighted by Gasteiger charge is -2.29. The van der Waals surface area contributed by atoms with E-state index >= 15 is 0 Å². The smallest absolute Gasteiger partial charge is 0.283 e. The maximum Gasteiger partial charge on any atom is 0.283 e. The SMILES string of the molecule is Cc1ccc(NC(=S)ON2CCCC(O)C2)c(C)c1. The minimum atomic E-state index is -0.322. The van der Waals surface area contributed by atoms with Gasteiger partial charge < -0.3 is 15.3 Å². The molecule has 104 valence electrons. The molecular weight excluding hydrogens is 260 g/mol. The summed E-state index contributed by atoms with van der Waals surface area (Å²) in [6.45, 7) is 5.39. The summed E-state index contributed by atoms with van der Waals surface area (Å²) in [6.07, 6.45) is 1.43. The van der Waals surface area contributed by atoms with Crippen LogP contribution in [0.1, 0.15) is 24.0 Å². The van der Waals surface area contributed by atoms with Gasteiger partial charge in [0.1, 0.15) is 0 Å². The van der Waals surface area contributed by atoms with Crippen LogP contribution < -0.4 is 5.32 Å². The Morgan fingerprint density at radius 3 is 2.95 bits per heavy atom. The summed E-state index contributed by atoms with van der Waals surface area (Å²) in [5.74, 6) is 0. The lowest BCUT2D eigenvalue weighted by molar-refractivity contribution is -0.114. The van der Waals surface area contributed by atoms with Crippen LogP contribution in [0.2, 0.25) is 0 Å². The van der Waals surface area contributed by atoms with Crippen molar-refractivity contribution in [2.45, 2.75) is 32.8 Å². The van der Waals surface area contributed by atoms with Crippen molar-refractivity contribution in [3.05, 3.63) is 29.3 Å². The summed E-state index contributed by atoms with van der Waals surface area (Å²) < 4.78 is 0. The second-order valence-corrected chi connectivity index (χ2v) is 5.38. The van der Waals surface area contributed by atoms with Gasteiger partial charge in [-0.25, -0.2) is 0 Å². The van der Waals surface area contributed by atoms with Crippen LogP contribution in [-0.2, 0) is 4.84 Å². The minimum Gasteiger partial charge on any atom is -0.392 e. The normalized spacial score (nSPS) is 20.1. The molecule has 1 heterocycles. The molecule has 0 spiro atoms. The fraction of sp³-hybridized carbons (Fsp3) is 0.500. The van der Waals surface area contributed by atoms with E-state index in [1.54, 1.807) is 5.06 Å². The van der Waals surface area contributed by atoms with Crippen LogP contribution in [0.4, 0.5) is 5.69 Å². The van der Waals surface area contributed by atoms with Crippen molar-refractivity contribution in [3.8, 4) is 0 Å². The first kappa shape index (κ1) is 14.2. The molecule has 2 N–H and O–H groups in total. The average Bonchev–Trinajstić information content (AvgIpc) is 2.33. The van der Waals surface area contributed by atoms with Gasteiger partial charge in [0.2, 0.25) is 0 Å². The van der Waals surface area contributed by atoms with E-state index in [1.807, 2.05) is 19.1 Å². The Balaban J connectivity index is 1.90. The maximum atomic E-state index is 9.57. The Hall–Kier alpha value is -1.17. The zero-order valence-electron chi connectivity index (χ0n) is 11.3. The summed E-state index contributed by atoms with van der Waals surface area (Å²) in [7, 11) is 0. The van der Waals surface area contributed by atoms with Gasteiger partial charge in [0, 0.05) is 12.2 Å². The number of aliphatic hydroxyl groups excluding tert-OH is 1. The number of nitrogens with one attached hydrogen (secondary N) is 1. The van der Waals surface area contributed by atoms with Crippen molar-refractivity contribution >= 4 is 23.1 Å². The molecule has 1 fully saturated rings. The maximum absolute atomic E-state index is 9.57. The van der Waals surface area contributed by atoms with Gasteiger partial charge in [-0.2, -0.15) is 0 Å². The predicted molar refractivity (Wildman–Crippen MR) is 80.0 cm³/mol. The van der Waals surface area contributed by atoms with Crippen molar-refractivity contribution < 1.29 is 9.94 Å². The van der Waals surface area contributed by atoms with E-state index in [0.717, 1.165) is 30.6 Å². The highest BCUT2D eigenvalue weighted by Gasteiger charge is 2.19. The summed E-state index contributed by atoms with van der Waals surface area (Å²) in [5.41, 5.74) is 3.30. The summed E-state index contributed by atoms with van der Waals surface area (Å²) in [4.78, 5) is 5.54. The molecule has 1 saturated heterocycles. The number of anilines is 1. The zero-order valence-corrected chi connectivity index (χ0v) is 12.2. The van der Waals surface area contributed by atoms with E-state index in [4.69, 9.17) is 17.1 Å². The zero-order chi connectivity index (χ0) is 13.8. The van der Waals surface area contributed by atoms with E-state index < -0.39 is 0 Å². The fourth-order valence-corrected chi connectivity index (χ4v) is 2.42. The number of hydroxylamine groups is 2. The largest absolute Gasteiger partial charge is 0.392 e. The van der Waals surface area contributed by atoms with Crippen molar-refractivity contribution in [2.75, 3.05) is 18.4 Å². The van der Waals surface area contributed by atoms with E-state index in [2.05, 4.69) is 18.3 Å². The Kier molecular flexibility index (Phi) is 4.74. The number of β-amino-alcohol motifs (C(OH)–C–C–N with tert-alkyl or cyclic N) is 1. The summed E-state index contributed by atoms with van der Waals surface area (Å²) in [6, 6.07) is 6.11. The topological polar surface area (TPSA) is 44.7 Å².